The normalized spacial score (nSPS) is 13.1. The number of hydrogen-bond acceptors (Lipinski definition) is 6. The van der Waals surface area contributed by atoms with Crippen LogP contribution in [0.25, 0.3) is 0 Å². The summed E-state index contributed by atoms with van der Waals surface area (Å²) in [5.41, 5.74) is 0. The molecule has 0 saturated heterocycles. The molecule has 9 nitrogen and oxygen atoms in total. The number of nitrogens with one attached hydrogen (secondary N) is 2. The summed E-state index contributed by atoms with van der Waals surface area (Å²) in [6, 6.07) is -1.38. The van der Waals surface area contributed by atoms with E-state index in [9.17, 15) is 19.2 Å². The molecular formula is C47H80N2O7. The van der Waals surface area contributed by atoms with Gasteiger partial charge >= 0.3 is 11.9 Å². The highest BCUT2D eigenvalue weighted by Gasteiger charge is 2.19. The molecule has 2 unspecified atom stereocenters. The van der Waals surface area contributed by atoms with Crippen molar-refractivity contribution in [1.82, 2.24) is 10.6 Å². The van der Waals surface area contributed by atoms with E-state index in [0.29, 0.717) is 19.3 Å². The zero-order valence-electron chi connectivity index (χ0n) is 35.4. The van der Waals surface area contributed by atoms with Gasteiger partial charge in [0, 0.05) is 12.8 Å². The zero-order chi connectivity index (χ0) is 41.2. The van der Waals surface area contributed by atoms with Crippen LogP contribution in [0.5, 0.6) is 0 Å². The van der Waals surface area contributed by atoms with E-state index >= 15 is 0 Å². The van der Waals surface area contributed by atoms with Crippen LogP contribution in [-0.2, 0) is 23.9 Å². The van der Waals surface area contributed by atoms with Gasteiger partial charge in [0.1, 0.15) is 12.1 Å². The highest BCUT2D eigenvalue weighted by atomic mass is 16.5. The molecule has 0 bridgehead atoms. The van der Waals surface area contributed by atoms with Crippen molar-refractivity contribution in [2.45, 2.75) is 199 Å². The summed E-state index contributed by atoms with van der Waals surface area (Å²) >= 11 is 0. The van der Waals surface area contributed by atoms with Crippen LogP contribution in [0.1, 0.15) is 187 Å². The molecule has 0 fully saturated rings. The molecular weight excluding hydrogens is 705 g/mol. The molecule has 0 saturated carbocycles. The first-order valence-corrected chi connectivity index (χ1v) is 22.2. The fraction of sp³-hybridized carbons (Fsp3) is 0.702. The summed E-state index contributed by atoms with van der Waals surface area (Å²) in [5.74, 6) is -2.32. The van der Waals surface area contributed by atoms with Gasteiger partial charge in [-0.15, -0.1) is 0 Å². The highest BCUT2D eigenvalue weighted by molar-refractivity contribution is 5.87. The zero-order valence-corrected chi connectivity index (χ0v) is 35.4. The lowest BCUT2D eigenvalue weighted by atomic mass is 10.0. The maximum atomic E-state index is 12.7. The average Bonchev–Trinajstić information content (AvgIpc) is 3.18. The third kappa shape index (κ3) is 37.5. The molecule has 0 aromatic heterocycles. The number of aliphatic hydroxyl groups is 1. The van der Waals surface area contributed by atoms with Crippen LogP contribution in [0.2, 0.25) is 0 Å². The molecule has 2 amide bonds. The van der Waals surface area contributed by atoms with E-state index in [2.05, 4.69) is 85.2 Å². The second-order valence-electron chi connectivity index (χ2n) is 14.8. The summed E-state index contributed by atoms with van der Waals surface area (Å²) < 4.78 is 6.00. The van der Waals surface area contributed by atoms with Crippen LogP contribution in [-0.4, -0.2) is 59.3 Å². The van der Waals surface area contributed by atoms with Gasteiger partial charge in [-0.1, -0.05) is 152 Å². The fourth-order valence-electron chi connectivity index (χ4n) is 6.15. The summed E-state index contributed by atoms with van der Waals surface area (Å²) in [6.45, 7) is 3.34. The fourth-order valence-corrected chi connectivity index (χ4v) is 6.15. The number of carboxylic acids is 1. The van der Waals surface area contributed by atoms with Crippen LogP contribution in [0.15, 0.2) is 60.8 Å². The van der Waals surface area contributed by atoms with Crippen molar-refractivity contribution in [1.29, 1.82) is 0 Å². The maximum absolute atomic E-state index is 12.7. The van der Waals surface area contributed by atoms with Gasteiger partial charge in [0.05, 0.1) is 13.2 Å². The molecule has 0 rings (SSSR count). The Morgan fingerprint density at radius 2 is 1.02 bits per heavy atom. The Labute approximate surface area is 341 Å². The van der Waals surface area contributed by atoms with Crippen molar-refractivity contribution < 1.29 is 34.1 Å². The monoisotopic (exact) mass is 785 g/mol. The number of carboxylic acid groups (broad SMARTS) is 1. The molecule has 0 aliphatic rings. The summed E-state index contributed by atoms with van der Waals surface area (Å²) in [5, 5.41) is 22.5. The van der Waals surface area contributed by atoms with Gasteiger partial charge in [-0.3, -0.25) is 14.4 Å². The summed E-state index contributed by atoms with van der Waals surface area (Å²) in [6.07, 6.45) is 49.7. The number of rotatable bonds is 39. The van der Waals surface area contributed by atoms with E-state index in [0.717, 1.165) is 103 Å². The van der Waals surface area contributed by atoms with Crippen LogP contribution < -0.4 is 10.6 Å². The molecule has 2 atom stereocenters. The van der Waals surface area contributed by atoms with Crippen molar-refractivity contribution in [3.8, 4) is 0 Å². The Kier molecular flexibility index (Phi) is 38.6. The van der Waals surface area contributed by atoms with E-state index in [4.69, 9.17) is 14.9 Å². The largest absolute Gasteiger partial charge is 0.480 e. The molecule has 0 aromatic carbocycles. The van der Waals surface area contributed by atoms with Crippen molar-refractivity contribution in [2.24, 2.45) is 0 Å². The van der Waals surface area contributed by atoms with E-state index in [1.54, 1.807) is 0 Å². The Hall–Kier alpha value is -3.46. The quantitative estimate of drug-likeness (QED) is 0.0276. The van der Waals surface area contributed by atoms with E-state index in [1.165, 1.54) is 51.4 Å². The minimum atomic E-state index is -1.38. The topological polar surface area (TPSA) is 142 Å². The van der Waals surface area contributed by atoms with E-state index < -0.39 is 24.5 Å². The molecule has 0 radical (unpaired) electrons. The van der Waals surface area contributed by atoms with Gasteiger partial charge in [0.2, 0.25) is 11.8 Å². The second kappa shape index (κ2) is 41.2. The third-order valence-electron chi connectivity index (χ3n) is 9.53. The number of esters is 1. The van der Waals surface area contributed by atoms with Crippen LogP contribution in [0, 0.1) is 0 Å². The lowest BCUT2D eigenvalue weighted by Crippen LogP contribution is -2.47. The highest BCUT2D eigenvalue weighted by Crippen LogP contribution is 2.18. The van der Waals surface area contributed by atoms with Gasteiger partial charge < -0.3 is 25.6 Å². The number of carbonyl (C=O) groups excluding carboxylic acids is 3. The Morgan fingerprint density at radius 3 is 1.54 bits per heavy atom. The molecule has 0 aliphatic heterocycles. The summed E-state index contributed by atoms with van der Waals surface area (Å²) in [7, 11) is 0. The smallest absolute Gasteiger partial charge is 0.328 e. The molecule has 0 heterocycles. The summed E-state index contributed by atoms with van der Waals surface area (Å²) in [4.78, 5) is 47.5. The number of carbonyl (C=O) groups is 4. The first kappa shape index (κ1) is 52.5. The van der Waals surface area contributed by atoms with Crippen molar-refractivity contribution in [3.63, 3.8) is 0 Å². The predicted molar refractivity (Wildman–Crippen MR) is 231 cm³/mol. The van der Waals surface area contributed by atoms with Crippen molar-refractivity contribution >= 4 is 23.8 Å². The predicted octanol–water partition coefficient (Wildman–Crippen LogP) is 10.9. The third-order valence-corrected chi connectivity index (χ3v) is 9.53. The lowest BCUT2D eigenvalue weighted by Gasteiger charge is -2.18. The molecule has 0 aromatic rings. The molecule has 56 heavy (non-hydrogen) atoms. The van der Waals surface area contributed by atoms with Crippen LogP contribution >= 0.6 is 0 Å². The van der Waals surface area contributed by atoms with Crippen LogP contribution in [0.4, 0.5) is 0 Å². The number of amides is 2. The minimum absolute atomic E-state index is 0.0231. The van der Waals surface area contributed by atoms with Gasteiger partial charge in [0.25, 0.3) is 0 Å². The van der Waals surface area contributed by atoms with E-state index in [1.807, 2.05) is 0 Å². The number of ether oxygens (including phenoxy) is 1. The number of allylic oxidation sites excluding steroid dienone is 10. The molecule has 0 spiro atoms. The Balaban J connectivity index is 4.17. The molecule has 0 aliphatic carbocycles. The Bertz CT molecular complexity index is 1130. The second-order valence-corrected chi connectivity index (χ2v) is 14.8. The minimum Gasteiger partial charge on any atom is -0.480 e. The van der Waals surface area contributed by atoms with Crippen LogP contribution in [0.3, 0.4) is 0 Å². The van der Waals surface area contributed by atoms with E-state index in [-0.39, 0.29) is 24.5 Å². The number of unbranched alkanes of at least 4 members (excludes halogenated alkanes) is 15. The molecule has 320 valence electrons. The maximum Gasteiger partial charge on any atom is 0.328 e. The molecule has 4 N–H and O–H groups in total. The lowest BCUT2D eigenvalue weighted by molar-refractivity contribution is -0.150. The number of aliphatic hydroxyl groups excluding tert-OH is 1. The molecule has 9 heteroatoms. The van der Waals surface area contributed by atoms with Crippen molar-refractivity contribution in [3.05, 3.63) is 60.8 Å². The average molecular weight is 785 g/mol. The number of hydrogen-bond donors (Lipinski definition) is 4. The number of aliphatic carboxylic acids is 1. The van der Waals surface area contributed by atoms with Gasteiger partial charge in [0.15, 0.2) is 0 Å². The van der Waals surface area contributed by atoms with Gasteiger partial charge in [-0.2, -0.15) is 0 Å². The van der Waals surface area contributed by atoms with Gasteiger partial charge in [-0.25, -0.2) is 4.79 Å². The standard InChI is InChI=1S/C47H80N2O7/c1-3-5-7-9-11-12-13-14-15-16-17-18-19-20-21-22-23-24-26-31-35-39-46(53)56-42(36-32-28-25-10-8-6-4-2)37-33-29-27-30-34-38-44(51)48-40-45(52)49-43(41-50)47(54)55/h5,7,11-12,14-15,17-18,20-21,42-43,50H,3-4,6,8-10,13,16,19,22-41H2,1-2H3,(H,48,51)(H,49,52)(H,54,55)/b7-5-,12-11-,15-14-,18-17-,21-20-. The van der Waals surface area contributed by atoms with Crippen molar-refractivity contribution in [2.75, 3.05) is 13.2 Å². The first-order chi connectivity index (χ1) is 27.3. The Morgan fingerprint density at radius 1 is 0.554 bits per heavy atom. The first-order valence-electron chi connectivity index (χ1n) is 22.2. The van der Waals surface area contributed by atoms with Gasteiger partial charge in [-0.05, 0) is 83.5 Å². The SMILES string of the molecule is CC/C=C\C/C=C\C/C=C\C/C=C\C/C=C\CCCCCCCC(=O)OC(CCCCCCCCC)CCCCCCCC(=O)NCC(=O)NC(CO)C(=O)O.